The molecule has 0 radical (unpaired) electrons. The molecule has 2 aromatic heterocycles. The molecule has 0 saturated carbocycles. The lowest BCUT2D eigenvalue weighted by molar-refractivity contribution is 0.102. The van der Waals surface area contributed by atoms with Crippen LogP contribution in [0.15, 0.2) is 5.38 Å². The number of hydrogen-bond donors (Lipinski definition) is 2. The lowest BCUT2D eigenvalue weighted by atomic mass is 10.3. The van der Waals surface area contributed by atoms with Crippen molar-refractivity contribution in [2.75, 3.05) is 5.32 Å². The maximum absolute atomic E-state index is 11.8. The first-order valence-corrected chi connectivity index (χ1v) is 5.71. The van der Waals surface area contributed by atoms with E-state index >= 15 is 0 Å². The summed E-state index contributed by atoms with van der Waals surface area (Å²) in [4.78, 5) is 15.9. The second-order valence-electron chi connectivity index (χ2n) is 3.53. The molecule has 0 unspecified atom stereocenters. The van der Waals surface area contributed by atoms with E-state index in [2.05, 4.69) is 20.5 Å². The second kappa shape index (κ2) is 4.05. The van der Waals surface area contributed by atoms with Crippen LogP contribution in [0.1, 0.15) is 26.8 Å². The molecule has 0 bridgehead atoms. The van der Waals surface area contributed by atoms with E-state index in [4.69, 9.17) is 0 Å². The predicted octanol–water partition coefficient (Wildman–Crippen LogP) is 2.04. The molecule has 0 fully saturated rings. The number of H-pyrrole nitrogens is 1. The van der Waals surface area contributed by atoms with Gasteiger partial charge >= 0.3 is 0 Å². The summed E-state index contributed by atoms with van der Waals surface area (Å²) >= 11 is 1.45. The van der Waals surface area contributed by atoms with Crippen molar-refractivity contribution >= 4 is 23.1 Å². The van der Waals surface area contributed by atoms with Crippen molar-refractivity contribution in [1.82, 2.24) is 15.2 Å². The molecule has 0 atom stereocenters. The number of carbonyl (C=O) groups excluding carboxylic acids is 1. The Morgan fingerprint density at radius 3 is 2.69 bits per heavy atom. The Morgan fingerprint density at radius 2 is 2.19 bits per heavy atom. The van der Waals surface area contributed by atoms with Gasteiger partial charge in [-0.2, -0.15) is 5.10 Å². The molecule has 0 aliphatic heterocycles. The fourth-order valence-electron chi connectivity index (χ4n) is 1.25. The Kier molecular flexibility index (Phi) is 2.74. The smallest absolute Gasteiger partial charge is 0.276 e. The normalized spacial score (nSPS) is 10.4. The molecule has 0 aliphatic rings. The van der Waals surface area contributed by atoms with Gasteiger partial charge in [0.2, 0.25) is 0 Å². The molecule has 0 aliphatic carbocycles. The average Bonchev–Trinajstić information content (AvgIpc) is 2.79. The van der Waals surface area contributed by atoms with Gasteiger partial charge in [0, 0.05) is 16.6 Å². The number of hydrogen-bond acceptors (Lipinski definition) is 4. The first-order chi connectivity index (χ1) is 7.58. The van der Waals surface area contributed by atoms with Crippen molar-refractivity contribution in [3.05, 3.63) is 27.3 Å². The summed E-state index contributed by atoms with van der Waals surface area (Å²) < 4.78 is 0. The molecule has 84 valence electrons. The van der Waals surface area contributed by atoms with E-state index in [9.17, 15) is 4.79 Å². The van der Waals surface area contributed by atoms with Gasteiger partial charge in [-0.05, 0) is 20.8 Å². The molecule has 2 heterocycles. The van der Waals surface area contributed by atoms with Gasteiger partial charge in [0.15, 0.2) is 5.82 Å². The van der Waals surface area contributed by atoms with Crippen molar-refractivity contribution in [2.45, 2.75) is 20.8 Å². The number of aromatic nitrogens is 3. The van der Waals surface area contributed by atoms with Crippen LogP contribution < -0.4 is 5.32 Å². The number of amides is 1. The standard InChI is InChI=1S/C10H12N4OS/c1-5-6(2)13-14-9(5)12-10(15)8-4-16-7(3)11-8/h4H,1-3H3,(H2,12,13,14,15). The van der Waals surface area contributed by atoms with Crippen LogP contribution in [0.2, 0.25) is 0 Å². The van der Waals surface area contributed by atoms with Gasteiger partial charge in [-0.25, -0.2) is 4.98 Å². The van der Waals surface area contributed by atoms with Gasteiger partial charge in [-0.15, -0.1) is 11.3 Å². The summed E-state index contributed by atoms with van der Waals surface area (Å²) in [7, 11) is 0. The monoisotopic (exact) mass is 236 g/mol. The van der Waals surface area contributed by atoms with Gasteiger partial charge in [-0.3, -0.25) is 9.89 Å². The van der Waals surface area contributed by atoms with Gasteiger partial charge in [0.05, 0.1) is 5.01 Å². The molecule has 2 rings (SSSR count). The molecule has 0 saturated heterocycles. The maximum atomic E-state index is 11.8. The third-order valence-electron chi connectivity index (χ3n) is 2.34. The predicted molar refractivity (Wildman–Crippen MR) is 62.9 cm³/mol. The largest absolute Gasteiger partial charge is 0.303 e. The maximum Gasteiger partial charge on any atom is 0.276 e. The minimum absolute atomic E-state index is 0.223. The third-order valence-corrected chi connectivity index (χ3v) is 3.11. The Morgan fingerprint density at radius 1 is 1.44 bits per heavy atom. The second-order valence-corrected chi connectivity index (χ2v) is 4.59. The van der Waals surface area contributed by atoms with Crippen LogP contribution in [0.5, 0.6) is 0 Å². The highest BCUT2D eigenvalue weighted by molar-refractivity contribution is 7.09. The Balaban J connectivity index is 2.17. The number of carbonyl (C=O) groups is 1. The minimum atomic E-state index is -0.223. The fourth-order valence-corrected chi connectivity index (χ4v) is 1.84. The highest BCUT2D eigenvalue weighted by Crippen LogP contribution is 2.15. The lowest BCUT2D eigenvalue weighted by Gasteiger charge is -1.99. The molecule has 0 aromatic carbocycles. The third kappa shape index (κ3) is 1.96. The van der Waals surface area contributed by atoms with Crippen molar-refractivity contribution in [2.24, 2.45) is 0 Å². The highest BCUT2D eigenvalue weighted by atomic mass is 32.1. The fraction of sp³-hybridized carbons (Fsp3) is 0.300. The van der Waals surface area contributed by atoms with Crippen LogP contribution in [-0.2, 0) is 0 Å². The number of aryl methyl sites for hydroxylation is 2. The summed E-state index contributed by atoms with van der Waals surface area (Å²) in [6, 6.07) is 0. The Labute approximate surface area is 96.9 Å². The number of thiazole rings is 1. The van der Waals surface area contributed by atoms with Gasteiger partial charge in [-0.1, -0.05) is 0 Å². The molecular formula is C10H12N4OS. The first-order valence-electron chi connectivity index (χ1n) is 4.83. The van der Waals surface area contributed by atoms with Crippen LogP contribution >= 0.6 is 11.3 Å². The molecule has 2 N–H and O–H groups in total. The van der Waals surface area contributed by atoms with E-state index in [0.717, 1.165) is 16.3 Å². The molecule has 1 amide bonds. The topological polar surface area (TPSA) is 70.7 Å². The zero-order chi connectivity index (χ0) is 11.7. The number of nitrogens with zero attached hydrogens (tertiary/aromatic N) is 2. The van der Waals surface area contributed by atoms with Crippen molar-refractivity contribution in [1.29, 1.82) is 0 Å². The summed E-state index contributed by atoms with van der Waals surface area (Å²) in [6.07, 6.45) is 0. The number of aromatic amines is 1. The van der Waals surface area contributed by atoms with Crippen LogP contribution in [0.25, 0.3) is 0 Å². The molecular weight excluding hydrogens is 224 g/mol. The van der Waals surface area contributed by atoms with Gasteiger partial charge < -0.3 is 5.32 Å². The van der Waals surface area contributed by atoms with Crippen molar-refractivity contribution < 1.29 is 4.79 Å². The van der Waals surface area contributed by atoms with E-state index in [-0.39, 0.29) is 5.91 Å². The zero-order valence-electron chi connectivity index (χ0n) is 9.29. The Bertz CT molecular complexity index is 529. The number of anilines is 1. The number of nitrogens with one attached hydrogen (secondary N) is 2. The van der Waals surface area contributed by atoms with Crippen molar-refractivity contribution in [3.8, 4) is 0 Å². The minimum Gasteiger partial charge on any atom is -0.303 e. The van der Waals surface area contributed by atoms with Crippen LogP contribution in [0, 0.1) is 20.8 Å². The Hall–Kier alpha value is -1.69. The zero-order valence-corrected chi connectivity index (χ0v) is 10.1. The van der Waals surface area contributed by atoms with Crippen LogP contribution in [0.3, 0.4) is 0 Å². The summed E-state index contributed by atoms with van der Waals surface area (Å²) in [5.41, 5.74) is 2.33. The molecule has 16 heavy (non-hydrogen) atoms. The van der Waals surface area contributed by atoms with E-state index in [0.29, 0.717) is 11.5 Å². The van der Waals surface area contributed by atoms with E-state index in [1.165, 1.54) is 11.3 Å². The van der Waals surface area contributed by atoms with Gasteiger partial charge in [0.25, 0.3) is 5.91 Å². The van der Waals surface area contributed by atoms with E-state index < -0.39 is 0 Å². The number of rotatable bonds is 2. The van der Waals surface area contributed by atoms with Crippen LogP contribution in [-0.4, -0.2) is 21.1 Å². The van der Waals surface area contributed by atoms with Gasteiger partial charge in [0.1, 0.15) is 5.69 Å². The van der Waals surface area contributed by atoms with Crippen LogP contribution in [0.4, 0.5) is 5.82 Å². The molecule has 5 nitrogen and oxygen atoms in total. The quantitative estimate of drug-likeness (QED) is 0.838. The van der Waals surface area contributed by atoms with E-state index in [1.54, 1.807) is 5.38 Å². The SMILES string of the molecule is Cc1nc(C(=O)Nc2n[nH]c(C)c2C)cs1. The first kappa shape index (κ1) is 10.8. The summed E-state index contributed by atoms with van der Waals surface area (Å²) in [5, 5.41) is 12.2. The highest BCUT2D eigenvalue weighted by Gasteiger charge is 2.13. The molecule has 0 spiro atoms. The van der Waals surface area contributed by atoms with E-state index in [1.807, 2.05) is 20.8 Å². The average molecular weight is 236 g/mol. The summed E-state index contributed by atoms with van der Waals surface area (Å²) in [6.45, 7) is 5.68. The lowest BCUT2D eigenvalue weighted by Crippen LogP contribution is -2.13. The van der Waals surface area contributed by atoms with Crippen molar-refractivity contribution in [3.63, 3.8) is 0 Å². The molecule has 2 aromatic rings. The summed E-state index contributed by atoms with van der Waals surface area (Å²) in [5.74, 6) is 0.340. The molecule has 6 heteroatoms.